The summed E-state index contributed by atoms with van der Waals surface area (Å²) in [5.74, 6) is 0.0164. The Morgan fingerprint density at radius 3 is 2.61 bits per heavy atom. The largest absolute Gasteiger partial charge is 0.348 e. The highest BCUT2D eigenvalue weighted by atomic mass is 16.2. The monoisotopic (exact) mass is 244 g/mol. The SMILES string of the molecule is CC(C)(C)C(=O)Cn1c(=O)ncc2ccccc21. The summed E-state index contributed by atoms with van der Waals surface area (Å²) in [7, 11) is 0. The minimum absolute atomic E-state index is 0.0164. The van der Waals surface area contributed by atoms with Crippen LogP contribution in [0.4, 0.5) is 0 Å². The third-order valence-electron chi connectivity index (χ3n) is 2.91. The van der Waals surface area contributed by atoms with Crippen molar-refractivity contribution in [3.8, 4) is 0 Å². The van der Waals surface area contributed by atoms with Crippen LogP contribution in [0.3, 0.4) is 0 Å². The van der Waals surface area contributed by atoms with Gasteiger partial charge in [-0.15, -0.1) is 0 Å². The summed E-state index contributed by atoms with van der Waals surface area (Å²) >= 11 is 0. The number of benzene rings is 1. The molecule has 0 amide bonds. The van der Waals surface area contributed by atoms with E-state index in [0.29, 0.717) is 0 Å². The number of fused-ring (bicyclic) bond motifs is 1. The number of Topliss-reactive ketones (excluding diaryl/α,β-unsaturated/α-hetero) is 1. The van der Waals surface area contributed by atoms with Crippen LogP contribution in [0.25, 0.3) is 10.9 Å². The number of hydrogen-bond donors (Lipinski definition) is 0. The Morgan fingerprint density at radius 1 is 1.28 bits per heavy atom. The molecule has 2 aromatic rings. The molecule has 1 aromatic carbocycles. The van der Waals surface area contributed by atoms with Gasteiger partial charge in [0.25, 0.3) is 0 Å². The zero-order valence-electron chi connectivity index (χ0n) is 10.8. The average Bonchev–Trinajstić information content (AvgIpc) is 2.31. The van der Waals surface area contributed by atoms with Gasteiger partial charge in [-0.05, 0) is 6.07 Å². The second kappa shape index (κ2) is 4.37. The number of hydrogen-bond acceptors (Lipinski definition) is 3. The van der Waals surface area contributed by atoms with Crippen molar-refractivity contribution in [3.63, 3.8) is 0 Å². The molecule has 0 saturated heterocycles. The fourth-order valence-corrected chi connectivity index (χ4v) is 1.67. The fourth-order valence-electron chi connectivity index (χ4n) is 1.67. The number of para-hydroxylation sites is 1. The van der Waals surface area contributed by atoms with Gasteiger partial charge in [-0.25, -0.2) is 9.78 Å². The van der Waals surface area contributed by atoms with Crippen LogP contribution in [-0.2, 0) is 11.3 Å². The molecule has 0 aliphatic carbocycles. The molecule has 94 valence electrons. The summed E-state index contributed by atoms with van der Waals surface area (Å²) in [6, 6.07) is 7.43. The van der Waals surface area contributed by atoms with E-state index in [1.54, 1.807) is 0 Å². The number of aromatic nitrogens is 2. The molecule has 4 heteroatoms. The summed E-state index contributed by atoms with van der Waals surface area (Å²) in [5, 5.41) is 0.860. The first-order valence-electron chi connectivity index (χ1n) is 5.87. The molecule has 0 aliphatic rings. The summed E-state index contributed by atoms with van der Waals surface area (Å²) in [4.78, 5) is 27.6. The molecule has 0 saturated carbocycles. The van der Waals surface area contributed by atoms with Crippen molar-refractivity contribution < 1.29 is 4.79 Å². The molecular weight excluding hydrogens is 228 g/mol. The van der Waals surface area contributed by atoms with Gasteiger partial charge in [-0.2, -0.15) is 0 Å². The zero-order valence-corrected chi connectivity index (χ0v) is 10.8. The van der Waals surface area contributed by atoms with E-state index in [1.165, 1.54) is 10.8 Å². The molecule has 0 spiro atoms. The highest BCUT2D eigenvalue weighted by molar-refractivity contribution is 5.85. The Kier molecular flexibility index (Phi) is 3.03. The van der Waals surface area contributed by atoms with E-state index in [2.05, 4.69) is 4.98 Å². The highest BCUT2D eigenvalue weighted by Crippen LogP contribution is 2.17. The lowest BCUT2D eigenvalue weighted by atomic mass is 9.91. The molecule has 0 radical (unpaired) electrons. The van der Waals surface area contributed by atoms with Gasteiger partial charge in [0.1, 0.15) is 0 Å². The van der Waals surface area contributed by atoms with Crippen molar-refractivity contribution in [1.29, 1.82) is 0 Å². The van der Waals surface area contributed by atoms with Gasteiger partial charge in [0.05, 0.1) is 12.1 Å². The number of carbonyl (C=O) groups excluding carboxylic acids is 1. The van der Waals surface area contributed by atoms with E-state index >= 15 is 0 Å². The van der Waals surface area contributed by atoms with Crippen LogP contribution in [0, 0.1) is 5.41 Å². The van der Waals surface area contributed by atoms with Crippen LogP contribution in [0.15, 0.2) is 35.3 Å². The Labute approximate surface area is 105 Å². The second-order valence-corrected chi connectivity index (χ2v) is 5.36. The van der Waals surface area contributed by atoms with Crippen molar-refractivity contribution in [2.24, 2.45) is 5.41 Å². The Hall–Kier alpha value is -1.97. The maximum atomic E-state index is 12.0. The third kappa shape index (κ3) is 2.32. The van der Waals surface area contributed by atoms with Crippen molar-refractivity contribution in [2.75, 3.05) is 0 Å². The third-order valence-corrected chi connectivity index (χ3v) is 2.91. The lowest BCUT2D eigenvalue weighted by molar-refractivity contribution is -0.126. The van der Waals surface area contributed by atoms with Gasteiger partial charge in [0.15, 0.2) is 5.78 Å². The molecule has 2 rings (SSSR count). The number of carbonyl (C=O) groups is 1. The molecule has 4 nitrogen and oxygen atoms in total. The first-order chi connectivity index (χ1) is 8.39. The predicted octanol–water partition coefficient (Wildman–Crippen LogP) is 2.01. The standard InChI is InChI=1S/C14H16N2O2/c1-14(2,3)12(17)9-16-11-7-5-4-6-10(11)8-15-13(16)18/h4-8H,9H2,1-3H3. The number of ketones is 1. The van der Waals surface area contributed by atoms with Gasteiger partial charge in [0, 0.05) is 17.0 Å². The number of nitrogens with zero attached hydrogens (tertiary/aromatic N) is 2. The first-order valence-corrected chi connectivity index (χ1v) is 5.87. The van der Waals surface area contributed by atoms with E-state index in [9.17, 15) is 9.59 Å². The van der Waals surface area contributed by atoms with E-state index < -0.39 is 5.41 Å². The van der Waals surface area contributed by atoms with Crippen molar-refractivity contribution in [1.82, 2.24) is 9.55 Å². The second-order valence-electron chi connectivity index (χ2n) is 5.36. The van der Waals surface area contributed by atoms with Crippen molar-refractivity contribution in [3.05, 3.63) is 40.9 Å². The lowest BCUT2D eigenvalue weighted by Gasteiger charge is -2.18. The Morgan fingerprint density at radius 2 is 1.94 bits per heavy atom. The van der Waals surface area contributed by atoms with Gasteiger partial charge in [-0.1, -0.05) is 39.0 Å². The van der Waals surface area contributed by atoms with E-state index in [1.807, 2.05) is 45.0 Å². The minimum Gasteiger partial charge on any atom is -0.297 e. The van der Waals surface area contributed by atoms with Crippen LogP contribution in [-0.4, -0.2) is 15.3 Å². The quantitative estimate of drug-likeness (QED) is 0.812. The highest BCUT2D eigenvalue weighted by Gasteiger charge is 2.22. The van der Waals surface area contributed by atoms with Gasteiger partial charge < -0.3 is 0 Å². The Balaban J connectivity index is 2.54. The minimum atomic E-state index is -0.462. The molecule has 0 N–H and O–H groups in total. The molecular formula is C14H16N2O2. The molecule has 0 bridgehead atoms. The molecule has 18 heavy (non-hydrogen) atoms. The maximum Gasteiger partial charge on any atom is 0.348 e. The normalized spacial score (nSPS) is 11.7. The van der Waals surface area contributed by atoms with Crippen molar-refractivity contribution in [2.45, 2.75) is 27.3 Å². The van der Waals surface area contributed by atoms with Crippen LogP contribution >= 0.6 is 0 Å². The molecule has 0 unspecified atom stereocenters. The zero-order chi connectivity index (χ0) is 13.3. The lowest BCUT2D eigenvalue weighted by Crippen LogP contribution is -2.32. The molecule has 0 fully saturated rings. The smallest absolute Gasteiger partial charge is 0.297 e. The van der Waals surface area contributed by atoms with E-state index in [0.717, 1.165) is 10.9 Å². The van der Waals surface area contributed by atoms with Crippen LogP contribution in [0.5, 0.6) is 0 Å². The molecule has 0 atom stereocenters. The number of rotatable bonds is 2. The van der Waals surface area contributed by atoms with Gasteiger partial charge in [0.2, 0.25) is 0 Å². The Bertz CT molecular complexity index is 651. The molecule has 0 aliphatic heterocycles. The van der Waals surface area contributed by atoms with E-state index in [-0.39, 0.29) is 18.0 Å². The van der Waals surface area contributed by atoms with Gasteiger partial charge >= 0.3 is 5.69 Å². The topological polar surface area (TPSA) is 52.0 Å². The molecule has 1 aromatic heterocycles. The summed E-state index contributed by atoms with van der Waals surface area (Å²) in [5.41, 5.74) is -0.0995. The molecule has 1 heterocycles. The van der Waals surface area contributed by atoms with E-state index in [4.69, 9.17) is 0 Å². The van der Waals surface area contributed by atoms with Crippen LogP contribution in [0.1, 0.15) is 20.8 Å². The summed E-state index contributed by atoms with van der Waals surface area (Å²) in [6.45, 7) is 5.60. The van der Waals surface area contributed by atoms with Crippen molar-refractivity contribution >= 4 is 16.7 Å². The summed E-state index contributed by atoms with van der Waals surface area (Å²) in [6.07, 6.45) is 1.54. The summed E-state index contributed by atoms with van der Waals surface area (Å²) < 4.78 is 1.43. The first kappa shape index (κ1) is 12.5. The van der Waals surface area contributed by atoms with Crippen LogP contribution in [0.2, 0.25) is 0 Å². The average molecular weight is 244 g/mol. The maximum absolute atomic E-state index is 12.0. The van der Waals surface area contributed by atoms with Gasteiger partial charge in [-0.3, -0.25) is 9.36 Å². The van der Waals surface area contributed by atoms with Crippen LogP contribution < -0.4 is 5.69 Å². The predicted molar refractivity (Wildman–Crippen MR) is 70.5 cm³/mol. The fraction of sp³-hybridized carbons (Fsp3) is 0.357.